The molecule has 1 aromatic rings. The van der Waals surface area contributed by atoms with E-state index >= 15 is 0 Å². The smallest absolute Gasteiger partial charge is 0.322 e. The monoisotopic (exact) mass is 233 g/mol. The highest BCUT2D eigenvalue weighted by Gasteiger charge is 2.23. The van der Waals surface area contributed by atoms with Crippen LogP contribution in [0.5, 0.6) is 0 Å². The van der Waals surface area contributed by atoms with Crippen LogP contribution in [0.25, 0.3) is 0 Å². The van der Waals surface area contributed by atoms with Gasteiger partial charge in [-0.3, -0.25) is 10.1 Å². The summed E-state index contributed by atoms with van der Waals surface area (Å²) in [7, 11) is 1.43. The van der Waals surface area contributed by atoms with Crippen LogP contribution in [0.15, 0.2) is 24.3 Å². The predicted molar refractivity (Wildman–Crippen MR) is 66.7 cm³/mol. The average Bonchev–Trinajstić information content (AvgIpc) is 2.38. The Hall–Kier alpha value is -1.35. The lowest BCUT2D eigenvalue weighted by Crippen LogP contribution is -2.38. The molecule has 17 heavy (non-hydrogen) atoms. The number of rotatable bonds is 3. The van der Waals surface area contributed by atoms with Crippen LogP contribution in [0.1, 0.15) is 36.9 Å². The van der Waals surface area contributed by atoms with Crippen molar-refractivity contribution < 1.29 is 9.53 Å². The van der Waals surface area contributed by atoms with Gasteiger partial charge < -0.3 is 4.74 Å². The molecule has 1 N–H and O–H groups in total. The highest BCUT2D eigenvalue weighted by molar-refractivity contribution is 5.75. The quantitative estimate of drug-likeness (QED) is 0.813. The second kappa shape index (κ2) is 5.32. The lowest BCUT2D eigenvalue weighted by atomic mass is 9.87. The SMILES string of the molecule is COC(=O)C(C)NC1CCCc2ccccc21. The fourth-order valence-corrected chi connectivity index (χ4v) is 2.47. The molecule has 1 aliphatic carbocycles. The number of esters is 1. The number of ether oxygens (including phenoxy) is 1. The van der Waals surface area contributed by atoms with Gasteiger partial charge in [0.25, 0.3) is 0 Å². The van der Waals surface area contributed by atoms with E-state index in [9.17, 15) is 4.79 Å². The van der Waals surface area contributed by atoms with E-state index in [2.05, 4.69) is 29.6 Å². The molecule has 0 saturated heterocycles. The molecule has 0 amide bonds. The van der Waals surface area contributed by atoms with Gasteiger partial charge >= 0.3 is 5.97 Å². The fraction of sp³-hybridized carbons (Fsp3) is 0.500. The molecule has 2 atom stereocenters. The molecule has 0 fully saturated rings. The number of carbonyl (C=O) groups is 1. The Balaban J connectivity index is 2.11. The Labute approximate surface area is 102 Å². The highest BCUT2D eigenvalue weighted by atomic mass is 16.5. The van der Waals surface area contributed by atoms with Crippen molar-refractivity contribution in [3.8, 4) is 0 Å². The summed E-state index contributed by atoms with van der Waals surface area (Å²) in [4.78, 5) is 11.4. The summed E-state index contributed by atoms with van der Waals surface area (Å²) < 4.78 is 4.74. The van der Waals surface area contributed by atoms with E-state index < -0.39 is 0 Å². The maximum Gasteiger partial charge on any atom is 0.322 e. The third kappa shape index (κ3) is 2.67. The van der Waals surface area contributed by atoms with E-state index in [1.165, 1.54) is 24.7 Å². The number of hydrogen-bond acceptors (Lipinski definition) is 3. The molecule has 0 bridgehead atoms. The molecule has 0 heterocycles. The van der Waals surface area contributed by atoms with Crippen LogP contribution in [0.3, 0.4) is 0 Å². The first-order chi connectivity index (χ1) is 8.22. The topological polar surface area (TPSA) is 38.3 Å². The molecule has 0 spiro atoms. The van der Waals surface area contributed by atoms with Gasteiger partial charge in [-0.05, 0) is 37.3 Å². The van der Waals surface area contributed by atoms with E-state index in [-0.39, 0.29) is 18.1 Å². The molecule has 0 saturated carbocycles. The lowest BCUT2D eigenvalue weighted by molar-refractivity contribution is -0.142. The maximum atomic E-state index is 11.4. The number of carbonyl (C=O) groups excluding carboxylic acids is 1. The Morgan fingerprint density at radius 1 is 1.47 bits per heavy atom. The normalized spacial score (nSPS) is 20.5. The third-order valence-corrected chi connectivity index (χ3v) is 3.38. The van der Waals surface area contributed by atoms with Crippen molar-refractivity contribution in [2.24, 2.45) is 0 Å². The molecule has 1 aliphatic rings. The summed E-state index contributed by atoms with van der Waals surface area (Å²) in [6.07, 6.45) is 3.39. The third-order valence-electron chi connectivity index (χ3n) is 3.38. The molecule has 0 aliphatic heterocycles. The molecule has 2 rings (SSSR count). The minimum Gasteiger partial charge on any atom is -0.468 e. The van der Waals surface area contributed by atoms with Crippen LogP contribution in [-0.4, -0.2) is 19.1 Å². The van der Waals surface area contributed by atoms with E-state index in [1.807, 2.05) is 6.92 Å². The van der Waals surface area contributed by atoms with E-state index in [4.69, 9.17) is 4.74 Å². The van der Waals surface area contributed by atoms with Crippen LogP contribution in [0, 0.1) is 0 Å². The van der Waals surface area contributed by atoms with Gasteiger partial charge in [-0.25, -0.2) is 0 Å². The van der Waals surface area contributed by atoms with Crippen molar-refractivity contribution in [2.75, 3.05) is 7.11 Å². The second-order valence-corrected chi connectivity index (χ2v) is 4.56. The van der Waals surface area contributed by atoms with E-state index in [0.717, 1.165) is 12.8 Å². The number of nitrogens with one attached hydrogen (secondary N) is 1. The van der Waals surface area contributed by atoms with Gasteiger partial charge in [0.15, 0.2) is 0 Å². The van der Waals surface area contributed by atoms with Gasteiger partial charge in [-0.15, -0.1) is 0 Å². The molecular formula is C14H19NO2. The molecule has 0 aromatic heterocycles. The van der Waals surface area contributed by atoms with Crippen LogP contribution >= 0.6 is 0 Å². The zero-order valence-corrected chi connectivity index (χ0v) is 10.4. The Morgan fingerprint density at radius 2 is 2.24 bits per heavy atom. The molecular weight excluding hydrogens is 214 g/mol. The largest absolute Gasteiger partial charge is 0.468 e. The molecule has 2 unspecified atom stereocenters. The summed E-state index contributed by atoms with van der Waals surface area (Å²) in [5.41, 5.74) is 2.72. The number of fused-ring (bicyclic) bond motifs is 1. The predicted octanol–water partition coefficient (Wildman–Crippen LogP) is 2.22. The molecule has 92 valence electrons. The number of benzene rings is 1. The van der Waals surface area contributed by atoms with Crippen molar-refractivity contribution in [1.29, 1.82) is 0 Å². The van der Waals surface area contributed by atoms with Crippen molar-refractivity contribution in [3.63, 3.8) is 0 Å². The second-order valence-electron chi connectivity index (χ2n) is 4.56. The zero-order valence-electron chi connectivity index (χ0n) is 10.4. The summed E-state index contributed by atoms with van der Waals surface area (Å²) in [6, 6.07) is 8.47. The van der Waals surface area contributed by atoms with Crippen molar-refractivity contribution >= 4 is 5.97 Å². The zero-order chi connectivity index (χ0) is 12.3. The number of aryl methyl sites for hydroxylation is 1. The summed E-state index contributed by atoms with van der Waals surface area (Å²) in [5, 5.41) is 3.35. The van der Waals surface area contributed by atoms with Gasteiger partial charge in [0.05, 0.1) is 7.11 Å². The molecule has 0 radical (unpaired) electrons. The maximum absolute atomic E-state index is 11.4. The van der Waals surface area contributed by atoms with E-state index in [1.54, 1.807) is 0 Å². The Morgan fingerprint density at radius 3 is 3.00 bits per heavy atom. The van der Waals surface area contributed by atoms with Gasteiger partial charge in [-0.1, -0.05) is 24.3 Å². The average molecular weight is 233 g/mol. The van der Waals surface area contributed by atoms with Crippen molar-refractivity contribution in [2.45, 2.75) is 38.3 Å². The standard InChI is InChI=1S/C14H19NO2/c1-10(14(16)17-2)15-13-9-5-7-11-6-3-4-8-12(11)13/h3-4,6,8,10,13,15H,5,7,9H2,1-2H3. The van der Waals surface area contributed by atoms with Gasteiger partial charge in [-0.2, -0.15) is 0 Å². The lowest BCUT2D eigenvalue weighted by Gasteiger charge is -2.28. The number of methoxy groups -OCH3 is 1. The first-order valence-corrected chi connectivity index (χ1v) is 6.14. The van der Waals surface area contributed by atoms with Crippen molar-refractivity contribution in [3.05, 3.63) is 35.4 Å². The summed E-state index contributed by atoms with van der Waals surface area (Å²) in [6.45, 7) is 1.85. The summed E-state index contributed by atoms with van der Waals surface area (Å²) >= 11 is 0. The fourth-order valence-electron chi connectivity index (χ4n) is 2.47. The molecule has 3 heteroatoms. The first kappa shape index (κ1) is 12.1. The number of hydrogen-bond donors (Lipinski definition) is 1. The van der Waals surface area contributed by atoms with Gasteiger partial charge in [0.2, 0.25) is 0 Å². The van der Waals surface area contributed by atoms with Crippen LogP contribution < -0.4 is 5.32 Å². The Bertz CT molecular complexity index is 403. The van der Waals surface area contributed by atoms with Crippen LogP contribution in [0.4, 0.5) is 0 Å². The van der Waals surface area contributed by atoms with Gasteiger partial charge in [0, 0.05) is 6.04 Å². The Kier molecular flexibility index (Phi) is 3.79. The highest BCUT2D eigenvalue weighted by Crippen LogP contribution is 2.29. The van der Waals surface area contributed by atoms with Crippen molar-refractivity contribution in [1.82, 2.24) is 5.32 Å². The van der Waals surface area contributed by atoms with Crippen LogP contribution in [-0.2, 0) is 16.0 Å². The molecule has 1 aromatic carbocycles. The minimum atomic E-state index is -0.254. The minimum absolute atomic E-state index is 0.201. The molecule has 3 nitrogen and oxygen atoms in total. The van der Waals surface area contributed by atoms with Crippen LogP contribution in [0.2, 0.25) is 0 Å². The first-order valence-electron chi connectivity index (χ1n) is 6.14. The van der Waals surface area contributed by atoms with E-state index in [0.29, 0.717) is 0 Å². The summed E-state index contributed by atoms with van der Waals surface area (Å²) in [5.74, 6) is -0.201. The van der Waals surface area contributed by atoms with Gasteiger partial charge in [0.1, 0.15) is 6.04 Å².